The average Bonchev–Trinajstić information content (AvgIpc) is 3.73. The fourth-order valence-corrected chi connectivity index (χ4v) is 5.50. The summed E-state index contributed by atoms with van der Waals surface area (Å²) in [5, 5.41) is 17.5. The van der Waals surface area contributed by atoms with E-state index in [1.165, 1.54) is 5.56 Å². The molecule has 0 radical (unpaired) electrons. The normalized spacial score (nSPS) is 11.3. The van der Waals surface area contributed by atoms with Crippen LogP contribution in [-0.4, -0.2) is 30.1 Å². The van der Waals surface area contributed by atoms with Crippen LogP contribution in [0.2, 0.25) is 0 Å². The fraction of sp³-hybridized carbons (Fsp3) is 0.0323. The number of H-pyrrole nitrogens is 2. The van der Waals surface area contributed by atoms with Crippen LogP contribution >= 0.6 is 11.3 Å². The largest absolute Gasteiger partial charge is 0.358 e. The van der Waals surface area contributed by atoms with E-state index >= 15 is 0 Å². The van der Waals surface area contributed by atoms with Crippen LogP contribution in [0.25, 0.3) is 55.6 Å². The minimum absolute atomic E-state index is 0.738. The van der Waals surface area contributed by atoms with E-state index in [4.69, 9.17) is 0 Å². The van der Waals surface area contributed by atoms with E-state index in [1.807, 2.05) is 49.1 Å². The van der Waals surface area contributed by atoms with Crippen molar-refractivity contribution in [2.45, 2.75) is 6.42 Å². The third-order valence-electron chi connectivity index (χ3n) is 6.70. The van der Waals surface area contributed by atoms with Crippen LogP contribution in [0.15, 0.2) is 109 Å². The summed E-state index contributed by atoms with van der Waals surface area (Å²) in [4.78, 5) is 17.1. The van der Waals surface area contributed by atoms with Gasteiger partial charge in [0.25, 0.3) is 0 Å². The van der Waals surface area contributed by atoms with Gasteiger partial charge in [0.1, 0.15) is 5.69 Å². The molecule has 0 saturated heterocycles. The Hall–Kier alpha value is -5.08. The number of allylic oxidation sites excluding steroid dienone is 1. The van der Waals surface area contributed by atoms with E-state index in [0.717, 1.165) is 73.4 Å². The Balaban J connectivity index is 1.21. The van der Waals surface area contributed by atoms with Gasteiger partial charge < -0.3 is 10.3 Å². The van der Waals surface area contributed by atoms with Gasteiger partial charge in [-0.3, -0.25) is 20.1 Å². The lowest BCUT2D eigenvalue weighted by Crippen LogP contribution is -2.02. The summed E-state index contributed by atoms with van der Waals surface area (Å²) in [6.45, 7) is 4.19. The number of benzene rings is 1. The number of anilines is 1. The van der Waals surface area contributed by atoms with E-state index < -0.39 is 0 Å². The Kier molecular flexibility index (Phi) is 5.71. The molecule has 0 aliphatic rings. The van der Waals surface area contributed by atoms with Gasteiger partial charge in [-0.15, -0.1) is 0 Å². The zero-order valence-corrected chi connectivity index (χ0v) is 21.7. The minimum atomic E-state index is 0.738. The molecule has 8 heteroatoms. The quantitative estimate of drug-likeness (QED) is 0.201. The highest BCUT2D eigenvalue weighted by Gasteiger charge is 2.15. The maximum atomic E-state index is 4.68. The average molecular weight is 526 g/mol. The van der Waals surface area contributed by atoms with Gasteiger partial charge in [0, 0.05) is 46.4 Å². The van der Waals surface area contributed by atoms with Gasteiger partial charge in [0.05, 0.1) is 46.7 Å². The molecular weight excluding hydrogens is 502 g/mol. The lowest BCUT2D eigenvalue weighted by molar-refractivity contribution is 1.11. The molecule has 7 nitrogen and oxygen atoms in total. The van der Waals surface area contributed by atoms with Gasteiger partial charge in [-0.1, -0.05) is 36.9 Å². The van der Waals surface area contributed by atoms with Crippen molar-refractivity contribution in [2.24, 2.45) is 0 Å². The maximum absolute atomic E-state index is 4.68. The van der Waals surface area contributed by atoms with Crippen LogP contribution in [0.1, 0.15) is 5.56 Å². The summed E-state index contributed by atoms with van der Waals surface area (Å²) in [6, 6.07) is 18.6. The molecule has 0 spiro atoms. The fourth-order valence-electron chi connectivity index (χ4n) is 4.85. The standard InChI is InChI=1S/C31H23N7S/c1-19(9-20-5-3-2-4-6-20)35-23-10-22(13-32-14-23)27-12-25-30(17-34-27)37-38-31(25)28-11-24-26(21-7-8-39-18-21)15-33-16-29(24)36-28/h2-8,10-18,35-36H,1,9H2,(H,37,38). The summed E-state index contributed by atoms with van der Waals surface area (Å²) in [6.07, 6.45) is 9.94. The summed E-state index contributed by atoms with van der Waals surface area (Å²) < 4.78 is 0. The minimum Gasteiger partial charge on any atom is -0.358 e. The van der Waals surface area contributed by atoms with E-state index in [-0.39, 0.29) is 0 Å². The molecule has 0 bridgehead atoms. The van der Waals surface area contributed by atoms with Gasteiger partial charge in [-0.2, -0.15) is 16.4 Å². The predicted octanol–water partition coefficient (Wildman–Crippen LogP) is 7.46. The van der Waals surface area contributed by atoms with Crippen LogP contribution in [0.5, 0.6) is 0 Å². The molecule has 0 aliphatic carbocycles. The van der Waals surface area contributed by atoms with Crippen molar-refractivity contribution in [1.29, 1.82) is 0 Å². The molecule has 188 valence electrons. The highest BCUT2D eigenvalue weighted by Crippen LogP contribution is 2.35. The van der Waals surface area contributed by atoms with Gasteiger partial charge in [-0.25, -0.2) is 0 Å². The molecule has 7 aromatic rings. The monoisotopic (exact) mass is 525 g/mol. The van der Waals surface area contributed by atoms with Crippen molar-refractivity contribution in [3.05, 3.63) is 114 Å². The maximum Gasteiger partial charge on any atom is 0.116 e. The second-order valence-corrected chi connectivity index (χ2v) is 10.2. The van der Waals surface area contributed by atoms with E-state index in [9.17, 15) is 0 Å². The smallest absolute Gasteiger partial charge is 0.116 e. The lowest BCUT2D eigenvalue weighted by atomic mass is 10.1. The van der Waals surface area contributed by atoms with Crippen molar-refractivity contribution in [2.75, 3.05) is 5.32 Å². The Bertz CT molecular complexity index is 1930. The first kappa shape index (κ1) is 23.1. The van der Waals surface area contributed by atoms with Gasteiger partial charge in [0.2, 0.25) is 0 Å². The first-order valence-corrected chi connectivity index (χ1v) is 13.4. The number of aromatic amines is 2. The number of rotatable bonds is 7. The lowest BCUT2D eigenvalue weighted by Gasteiger charge is -2.11. The van der Waals surface area contributed by atoms with Crippen molar-refractivity contribution in [3.8, 4) is 33.8 Å². The highest BCUT2D eigenvalue weighted by atomic mass is 32.1. The Morgan fingerprint density at radius 3 is 2.64 bits per heavy atom. The Morgan fingerprint density at radius 2 is 1.77 bits per heavy atom. The van der Waals surface area contributed by atoms with Crippen molar-refractivity contribution < 1.29 is 0 Å². The molecule has 0 aliphatic heterocycles. The SMILES string of the molecule is C=C(Cc1ccccc1)Nc1cncc(-c2cc3c(-c4cc5c(-c6ccsc6)cncc5[nH]4)n[nH]c3cn2)c1. The Morgan fingerprint density at radius 1 is 0.872 bits per heavy atom. The zero-order chi connectivity index (χ0) is 26.2. The zero-order valence-electron chi connectivity index (χ0n) is 20.8. The van der Waals surface area contributed by atoms with Crippen LogP contribution in [-0.2, 0) is 6.42 Å². The number of nitrogens with one attached hydrogen (secondary N) is 3. The molecule has 7 rings (SSSR count). The number of aromatic nitrogens is 6. The van der Waals surface area contributed by atoms with E-state index in [1.54, 1.807) is 17.5 Å². The second kappa shape index (κ2) is 9.66. The third kappa shape index (κ3) is 4.47. The topological polar surface area (TPSA) is 95.2 Å². The van der Waals surface area contributed by atoms with Crippen LogP contribution < -0.4 is 5.32 Å². The molecule has 0 amide bonds. The van der Waals surface area contributed by atoms with Crippen molar-refractivity contribution in [1.82, 2.24) is 30.1 Å². The number of pyridine rings is 3. The molecule has 0 fully saturated rings. The summed E-state index contributed by atoms with van der Waals surface area (Å²) in [5.74, 6) is 0. The number of nitrogens with zero attached hydrogens (tertiary/aromatic N) is 4. The molecule has 6 heterocycles. The van der Waals surface area contributed by atoms with Crippen molar-refractivity contribution in [3.63, 3.8) is 0 Å². The number of thiophene rings is 1. The summed E-state index contributed by atoms with van der Waals surface area (Å²) in [5.41, 5.74) is 10.5. The third-order valence-corrected chi connectivity index (χ3v) is 7.38. The molecular formula is C31H23N7S. The van der Waals surface area contributed by atoms with Crippen LogP contribution in [0.3, 0.4) is 0 Å². The number of fused-ring (bicyclic) bond motifs is 2. The first-order chi connectivity index (χ1) is 19.2. The molecule has 39 heavy (non-hydrogen) atoms. The predicted molar refractivity (Wildman–Crippen MR) is 158 cm³/mol. The Labute approximate surface area is 228 Å². The molecule has 0 saturated carbocycles. The van der Waals surface area contributed by atoms with Gasteiger partial charge >= 0.3 is 0 Å². The first-order valence-electron chi connectivity index (χ1n) is 12.5. The molecule has 0 atom stereocenters. The van der Waals surface area contributed by atoms with Gasteiger partial charge in [0.15, 0.2) is 0 Å². The molecule has 1 aromatic carbocycles. The van der Waals surface area contributed by atoms with Crippen LogP contribution in [0.4, 0.5) is 5.69 Å². The van der Waals surface area contributed by atoms with Crippen LogP contribution in [0, 0.1) is 0 Å². The number of hydrogen-bond acceptors (Lipinski definition) is 6. The molecule has 6 aromatic heterocycles. The van der Waals surface area contributed by atoms with E-state index in [0.29, 0.717) is 0 Å². The van der Waals surface area contributed by atoms with Crippen molar-refractivity contribution >= 4 is 38.8 Å². The molecule has 3 N–H and O–H groups in total. The molecule has 0 unspecified atom stereocenters. The highest BCUT2D eigenvalue weighted by molar-refractivity contribution is 7.08. The van der Waals surface area contributed by atoms with Gasteiger partial charge in [-0.05, 0) is 46.2 Å². The summed E-state index contributed by atoms with van der Waals surface area (Å²) >= 11 is 1.68. The second-order valence-electron chi connectivity index (χ2n) is 9.38. The number of hydrogen-bond donors (Lipinski definition) is 3. The van der Waals surface area contributed by atoms with E-state index in [2.05, 4.69) is 83.1 Å². The summed E-state index contributed by atoms with van der Waals surface area (Å²) in [7, 11) is 0.